The molecule has 0 aliphatic rings. The number of hydrogen-bond acceptors (Lipinski definition) is 4. The van der Waals surface area contributed by atoms with Crippen molar-refractivity contribution in [1.82, 2.24) is 0 Å². The van der Waals surface area contributed by atoms with E-state index in [9.17, 15) is 4.79 Å². The summed E-state index contributed by atoms with van der Waals surface area (Å²) in [7, 11) is 1.37. The number of hydrogen-bond donors (Lipinski definition) is 2. The van der Waals surface area contributed by atoms with Gasteiger partial charge in [-0.1, -0.05) is 19.9 Å². The third-order valence-corrected chi connectivity index (χ3v) is 2.72. The number of anilines is 2. The van der Waals surface area contributed by atoms with Crippen LogP contribution in [0.25, 0.3) is 0 Å². The van der Waals surface area contributed by atoms with Gasteiger partial charge in [0.1, 0.15) is 0 Å². The molecule has 0 spiro atoms. The van der Waals surface area contributed by atoms with Crippen molar-refractivity contribution in [3.63, 3.8) is 0 Å². The molecule has 0 saturated heterocycles. The highest BCUT2D eigenvalue weighted by atomic mass is 16.5. The normalized spacial score (nSPS) is 12.3. The Bertz CT molecular complexity index is 416. The van der Waals surface area contributed by atoms with Crippen LogP contribution < -0.4 is 11.1 Å². The van der Waals surface area contributed by atoms with Gasteiger partial charge in [0.15, 0.2) is 0 Å². The highest BCUT2D eigenvalue weighted by molar-refractivity contribution is 5.98. The first kappa shape index (κ1) is 14.4. The Morgan fingerprint density at radius 2 is 2.06 bits per heavy atom. The van der Waals surface area contributed by atoms with Crippen molar-refractivity contribution in [3.8, 4) is 0 Å². The molecule has 4 nitrogen and oxygen atoms in total. The Morgan fingerprint density at radius 3 is 2.61 bits per heavy atom. The quantitative estimate of drug-likeness (QED) is 0.623. The Labute approximate surface area is 109 Å². The average molecular weight is 250 g/mol. The summed E-state index contributed by atoms with van der Waals surface area (Å²) in [4.78, 5) is 11.7. The fourth-order valence-electron chi connectivity index (χ4n) is 2.02. The SMILES string of the molecule is COC(=O)c1cccc(N)c1NC(C)CC(C)C. The molecule has 0 fully saturated rings. The molecule has 0 radical (unpaired) electrons. The maximum atomic E-state index is 11.7. The van der Waals surface area contributed by atoms with E-state index in [1.165, 1.54) is 7.11 Å². The van der Waals surface area contributed by atoms with Crippen LogP contribution in [0, 0.1) is 5.92 Å². The van der Waals surface area contributed by atoms with Crippen molar-refractivity contribution >= 4 is 17.3 Å². The fourth-order valence-corrected chi connectivity index (χ4v) is 2.02. The lowest BCUT2D eigenvalue weighted by Crippen LogP contribution is -2.20. The summed E-state index contributed by atoms with van der Waals surface area (Å²) in [5, 5.41) is 3.30. The number of carbonyl (C=O) groups is 1. The van der Waals surface area contributed by atoms with Crippen LogP contribution in [0.15, 0.2) is 18.2 Å². The topological polar surface area (TPSA) is 64.3 Å². The number of para-hydroxylation sites is 1. The summed E-state index contributed by atoms with van der Waals surface area (Å²) >= 11 is 0. The van der Waals surface area contributed by atoms with Crippen molar-refractivity contribution in [1.29, 1.82) is 0 Å². The van der Waals surface area contributed by atoms with Gasteiger partial charge in [-0.2, -0.15) is 0 Å². The van der Waals surface area contributed by atoms with Gasteiger partial charge in [-0.25, -0.2) is 4.79 Å². The molecule has 0 saturated carbocycles. The van der Waals surface area contributed by atoms with Crippen LogP contribution in [0.3, 0.4) is 0 Å². The highest BCUT2D eigenvalue weighted by Gasteiger charge is 2.16. The lowest BCUT2D eigenvalue weighted by molar-refractivity contribution is 0.0602. The second-order valence-corrected chi connectivity index (χ2v) is 4.94. The first-order chi connectivity index (χ1) is 8.45. The summed E-state index contributed by atoms with van der Waals surface area (Å²) in [6.45, 7) is 6.40. The first-order valence-corrected chi connectivity index (χ1v) is 6.19. The minimum atomic E-state index is -0.374. The van der Waals surface area contributed by atoms with Gasteiger partial charge >= 0.3 is 5.97 Å². The summed E-state index contributed by atoms with van der Waals surface area (Å²) in [5.41, 5.74) is 7.63. The summed E-state index contributed by atoms with van der Waals surface area (Å²) in [6.07, 6.45) is 1.01. The predicted octanol–water partition coefficient (Wildman–Crippen LogP) is 2.90. The zero-order valence-corrected chi connectivity index (χ0v) is 11.5. The minimum Gasteiger partial charge on any atom is -0.465 e. The molecule has 1 aromatic rings. The molecule has 0 heterocycles. The molecule has 4 heteroatoms. The summed E-state index contributed by atoms with van der Waals surface area (Å²) < 4.78 is 4.76. The Kier molecular flexibility index (Phi) is 5.01. The van der Waals surface area contributed by atoms with E-state index in [-0.39, 0.29) is 12.0 Å². The summed E-state index contributed by atoms with van der Waals surface area (Å²) in [5.74, 6) is 0.209. The molecule has 18 heavy (non-hydrogen) atoms. The Balaban J connectivity index is 2.96. The predicted molar refractivity (Wildman–Crippen MR) is 74.7 cm³/mol. The number of benzene rings is 1. The number of nitrogens with two attached hydrogens (primary N) is 1. The van der Waals surface area contributed by atoms with Crippen LogP contribution in [0.1, 0.15) is 37.6 Å². The van der Waals surface area contributed by atoms with Crippen molar-refractivity contribution in [2.75, 3.05) is 18.2 Å². The maximum Gasteiger partial charge on any atom is 0.340 e. The number of ether oxygens (including phenoxy) is 1. The van der Waals surface area contributed by atoms with Crippen LogP contribution in [-0.4, -0.2) is 19.1 Å². The molecule has 3 N–H and O–H groups in total. The second-order valence-electron chi connectivity index (χ2n) is 4.94. The number of nitrogen functional groups attached to an aromatic ring is 1. The first-order valence-electron chi connectivity index (χ1n) is 6.19. The van der Waals surface area contributed by atoms with E-state index in [4.69, 9.17) is 10.5 Å². The van der Waals surface area contributed by atoms with Crippen LogP contribution in [0.5, 0.6) is 0 Å². The molecule has 1 atom stereocenters. The zero-order chi connectivity index (χ0) is 13.7. The third-order valence-electron chi connectivity index (χ3n) is 2.72. The van der Waals surface area contributed by atoms with Gasteiger partial charge in [0.2, 0.25) is 0 Å². The van der Waals surface area contributed by atoms with E-state index in [0.717, 1.165) is 6.42 Å². The van der Waals surface area contributed by atoms with Crippen LogP contribution >= 0.6 is 0 Å². The molecule has 0 amide bonds. The van der Waals surface area contributed by atoms with Crippen LogP contribution in [-0.2, 0) is 4.74 Å². The van der Waals surface area contributed by atoms with E-state index in [0.29, 0.717) is 22.9 Å². The molecule has 1 rings (SSSR count). The highest BCUT2D eigenvalue weighted by Crippen LogP contribution is 2.26. The van der Waals surface area contributed by atoms with Crippen LogP contribution in [0.4, 0.5) is 11.4 Å². The lowest BCUT2D eigenvalue weighted by Gasteiger charge is -2.20. The van der Waals surface area contributed by atoms with Gasteiger partial charge in [-0.15, -0.1) is 0 Å². The van der Waals surface area contributed by atoms with Crippen molar-refractivity contribution < 1.29 is 9.53 Å². The molecule has 1 unspecified atom stereocenters. The number of nitrogens with one attached hydrogen (secondary N) is 1. The standard InChI is InChI=1S/C14H22N2O2/c1-9(2)8-10(3)16-13-11(14(17)18-4)6-5-7-12(13)15/h5-7,9-10,16H,8,15H2,1-4H3. The Hall–Kier alpha value is -1.71. The largest absolute Gasteiger partial charge is 0.465 e. The smallest absolute Gasteiger partial charge is 0.340 e. The fraction of sp³-hybridized carbons (Fsp3) is 0.500. The molecule has 1 aromatic carbocycles. The van der Waals surface area contributed by atoms with Crippen LogP contribution in [0.2, 0.25) is 0 Å². The number of esters is 1. The monoisotopic (exact) mass is 250 g/mol. The lowest BCUT2D eigenvalue weighted by atomic mass is 10.0. The van der Waals surface area contributed by atoms with Gasteiger partial charge in [-0.3, -0.25) is 0 Å². The van der Waals surface area contributed by atoms with Gasteiger partial charge < -0.3 is 15.8 Å². The average Bonchev–Trinajstić information content (AvgIpc) is 2.29. The van der Waals surface area contributed by atoms with Gasteiger partial charge in [0.05, 0.1) is 24.0 Å². The van der Waals surface area contributed by atoms with Crippen molar-refractivity contribution in [2.45, 2.75) is 33.2 Å². The van der Waals surface area contributed by atoms with Gasteiger partial charge in [-0.05, 0) is 31.4 Å². The molecule has 0 bridgehead atoms. The summed E-state index contributed by atoms with van der Waals surface area (Å²) in [6, 6.07) is 5.49. The Morgan fingerprint density at radius 1 is 1.39 bits per heavy atom. The van der Waals surface area contributed by atoms with Gasteiger partial charge in [0.25, 0.3) is 0 Å². The second kappa shape index (κ2) is 6.28. The third kappa shape index (κ3) is 3.65. The van der Waals surface area contributed by atoms with Crippen molar-refractivity contribution in [3.05, 3.63) is 23.8 Å². The van der Waals surface area contributed by atoms with Crippen molar-refractivity contribution in [2.24, 2.45) is 5.92 Å². The van der Waals surface area contributed by atoms with E-state index >= 15 is 0 Å². The molecular formula is C14H22N2O2. The molecular weight excluding hydrogens is 228 g/mol. The molecule has 0 aliphatic carbocycles. The van der Waals surface area contributed by atoms with E-state index in [2.05, 4.69) is 26.1 Å². The van der Waals surface area contributed by atoms with E-state index in [1.807, 2.05) is 0 Å². The zero-order valence-electron chi connectivity index (χ0n) is 11.5. The number of methoxy groups -OCH3 is 1. The molecule has 0 aromatic heterocycles. The van der Waals surface area contributed by atoms with Gasteiger partial charge in [0, 0.05) is 6.04 Å². The number of carbonyl (C=O) groups excluding carboxylic acids is 1. The van der Waals surface area contributed by atoms with E-state index in [1.54, 1.807) is 18.2 Å². The minimum absolute atomic E-state index is 0.248. The molecule has 0 aliphatic heterocycles. The van der Waals surface area contributed by atoms with E-state index < -0.39 is 0 Å². The maximum absolute atomic E-state index is 11.7. The number of rotatable bonds is 5. The molecule has 100 valence electrons.